The summed E-state index contributed by atoms with van der Waals surface area (Å²) >= 11 is 0. The van der Waals surface area contributed by atoms with Crippen LogP contribution in [-0.4, -0.2) is 67.5 Å². The molecule has 1 unspecified atom stereocenters. The molecule has 0 rings (SSSR count). The number of aliphatic hydroxyl groups excluding tert-OH is 1. The van der Waals surface area contributed by atoms with Gasteiger partial charge in [0.15, 0.2) is 0 Å². The quantitative estimate of drug-likeness (QED) is 0.0287. The van der Waals surface area contributed by atoms with Gasteiger partial charge in [0, 0.05) is 12.8 Å². The number of nitrogens with zero attached hydrogens (tertiary/aromatic N) is 1. The van der Waals surface area contributed by atoms with Crippen LogP contribution in [0.15, 0.2) is 0 Å². The van der Waals surface area contributed by atoms with Crippen LogP contribution in [0, 0.1) is 0 Å². The van der Waals surface area contributed by atoms with Crippen molar-refractivity contribution in [3.63, 3.8) is 0 Å². The van der Waals surface area contributed by atoms with Gasteiger partial charge in [0.2, 0.25) is 0 Å². The van der Waals surface area contributed by atoms with Crippen molar-refractivity contribution >= 4 is 11.9 Å². The van der Waals surface area contributed by atoms with Crippen LogP contribution in [-0.2, 0) is 19.1 Å². The van der Waals surface area contributed by atoms with E-state index < -0.39 is 0 Å². The van der Waals surface area contributed by atoms with Gasteiger partial charge in [0.1, 0.15) is 12.6 Å². The number of hydrogen-bond acceptors (Lipinski definition) is 5. The molecule has 0 saturated carbocycles. The largest absolute Gasteiger partial charge is 1.00 e. The average Bonchev–Trinajstić information content (AvgIpc) is 3.11. The smallest absolute Gasteiger partial charge is 0.306 e. The maximum Gasteiger partial charge on any atom is 0.306 e. The summed E-state index contributed by atoms with van der Waals surface area (Å²) < 4.78 is 12.4. The Kier molecular flexibility index (Phi) is 43.1. The van der Waals surface area contributed by atoms with Gasteiger partial charge >= 0.3 is 11.9 Å². The molecular weight excluding hydrogens is 761 g/mol. The molecule has 0 aromatic carbocycles. The van der Waals surface area contributed by atoms with E-state index >= 15 is 0 Å². The summed E-state index contributed by atoms with van der Waals surface area (Å²) in [4.78, 5) is 24.7. The summed E-state index contributed by atoms with van der Waals surface area (Å²) in [5.74, 6) is -0.0118. The zero-order valence-corrected chi connectivity index (χ0v) is 37.5. The summed E-state index contributed by atoms with van der Waals surface area (Å²) in [6.07, 6.45) is 38.4. The van der Waals surface area contributed by atoms with Gasteiger partial charge in [-0.05, 0) is 70.6 Å². The van der Waals surface area contributed by atoms with Crippen LogP contribution in [0.1, 0.15) is 233 Å². The number of halogens is 1. The van der Waals surface area contributed by atoms with Gasteiger partial charge in [0.25, 0.3) is 0 Å². The van der Waals surface area contributed by atoms with Crippen LogP contribution in [0.5, 0.6) is 0 Å². The number of quaternary nitrogens is 1. The van der Waals surface area contributed by atoms with Crippen molar-refractivity contribution < 1.29 is 52.6 Å². The lowest BCUT2D eigenvalue weighted by atomic mass is 10.0. The number of hydrogen-bond donors (Lipinski definition) is 1. The summed E-state index contributed by atoms with van der Waals surface area (Å²) in [6.45, 7) is 10.6. The van der Waals surface area contributed by atoms with Gasteiger partial charge in [-0.15, -0.1) is 0 Å². The number of rotatable bonds is 41. The number of carbonyl (C=O) groups is 2. The third-order valence-electron chi connectivity index (χ3n) is 10.9. The second kappa shape index (κ2) is 41.7. The lowest BCUT2D eigenvalue weighted by molar-refractivity contribution is -0.910. The predicted molar refractivity (Wildman–Crippen MR) is 218 cm³/mol. The maximum atomic E-state index is 12.7. The minimum absolute atomic E-state index is 0. The molecular formula is C45H90INO5. The lowest BCUT2D eigenvalue weighted by Gasteiger charge is -2.34. The first kappa shape index (κ1) is 53.7. The second-order valence-electron chi connectivity index (χ2n) is 16.1. The first-order valence-electron chi connectivity index (χ1n) is 22.7. The SMILES string of the molecule is CCCCCCCCCOC(=O)CCCCCCC[N+](C)(CCO)CCCCCCCC(=O)OC(CCCCCCCC)CCCCCCCC.[I-]. The van der Waals surface area contributed by atoms with Crippen LogP contribution in [0.25, 0.3) is 0 Å². The minimum atomic E-state index is -0.0284. The molecule has 0 heterocycles. The number of unbranched alkanes of at least 4 members (excludes halogenated alkanes) is 24. The Balaban J connectivity index is 0. The fraction of sp³-hybridized carbons (Fsp3) is 0.956. The fourth-order valence-electron chi connectivity index (χ4n) is 7.29. The molecule has 52 heavy (non-hydrogen) atoms. The fourth-order valence-corrected chi connectivity index (χ4v) is 7.29. The highest BCUT2D eigenvalue weighted by atomic mass is 127. The topological polar surface area (TPSA) is 72.8 Å². The Morgan fingerprint density at radius 1 is 0.481 bits per heavy atom. The van der Waals surface area contributed by atoms with Crippen LogP contribution < -0.4 is 24.0 Å². The second-order valence-corrected chi connectivity index (χ2v) is 16.1. The van der Waals surface area contributed by atoms with Crippen molar-refractivity contribution in [2.45, 2.75) is 239 Å². The first-order valence-corrected chi connectivity index (χ1v) is 22.7. The van der Waals surface area contributed by atoms with Crippen molar-refractivity contribution in [1.82, 2.24) is 0 Å². The van der Waals surface area contributed by atoms with Crippen molar-refractivity contribution in [3.8, 4) is 0 Å². The standard InChI is InChI=1S/C45H90NO5.HI/c1-5-8-11-14-17-26-33-42-50-44(48)36-29-22-18-24-31-38-46(4,40-41-47)39-32-25-19-23-30-37-45(49)51-43(34-27-20-15-12-9-6-2)35-28-21-16-13-10-7-3;/h43,47H,5-42H2,1-4H3;1H/q+1;/p-1. The number of aliphatic hydroxyl groups is 1. The van der Waals surface area contributed by atoms with E-state index in [2.05, 4.69) is 27.8 Å². The van der Waals surface area contributed by atoms with Gasteiger partial charge in [0.05, 0.1) is 33.4 Å². The third kappa shape index (κ3) is 37.9. The van der Waals surface area contributed by atoms with Gasteiger partial charge in [-0.2, -0.15) is 0 Å². The lowest BCUT2D eigenvalue weighted by Crippen LogP contribution is -3.00. The summed E-state index contributed by atoms with van der Waals surface area (Å²) in [5, 5.41) is 9.73. The Labute approximate surface area is 341 Å². The molecule has 0 aromatic heterocycles. The van der Waals surface area contributed by atoms with E-state index in [0.29, 0.717) is 19.4 Å². The molecule has 0 radical (unpaired) electrons. The zero-order valence-electron chi connectivity index (χ0n) is 35.4. The Morgan fingerprint density at radius 2 is 0.846 bits per heavy atom. The molecule has 0 amide bonds. The molecule has 0 spiro atoms. The monoisotopic (exact) mass is 852 g/mol. The van der Waals surface area contributed by atoms with E-state index in [9.17, 15) is 14.7 Å². The molecule has 6 nitrogen and oxygen atoms in total. The van der Waals surface area contributed by atoms with Crippen LogP contribution >= 0.6 is 0 Å². The average molecular weight is 852 g/mol. The molecule has 312 valence electrons. The number of likely N-dealkylation sites (N-methyl/N-ethyl adjacent to an activating group) is 1. The molecule has 0 saturated heterocycles. The van der Waals surface area contributed by atoms with Crippen LogP contribution in [0.4, 0.5) is 0 Å². The Morgan fingerprint density at radius 3 is 1.29 bits per heavy atom. The summed E-state index contributed by atoms with van der Waals surface area (Å²) in [6, 6.07) is 0. The highest BCUT2D eigenvalue weighted by Gasteiger charge is 2.20. The number of carbonyl (C=O) groups excluding carboxylic acids is 2. The highest BCUT2D eigenvalue weighted by molar-refractivity contribution is 5.69. The van der Waals surface area contributed by atoms with Gasteiger partial charge < -0.3 is 43.0 Å². The number of ether oxygens (including phenoxy) is 2. The highest BCUT2D eigenvalue weighted by Crippen LogP contribution is 2.19. The van der Waals surface area contributed by atoms with Crippen LogP contribution in [0.2, 0.25) is 0 Å². The van der Waals surface area contributed by atoms with Crippen molar-refractivity contribution in [1.29, 1.82) is 0 Å². The Hall–Kier alpha value is -0.410. The van der Waals surface area contributed by atoms with E-state index in [1.807, 2.05) is 0 Å². The molecule has 1 atom stereocenters. The van der Waals surface area contributed by atoms with Gasteiger partial charge in [-0.1, -0.05) is 149 Å². The van der Waals surface area contributed by atoms with Gasteiger partial charge in [-0.25, -0.2) is 0 Å². The van der Waals surface area contributed by atoms with E-state index in [4.69, 9.17) is 9.47 Å². The predicted octanol–water partition coefficient (Wildman–Crippen LogP) is 9.82. The molecule has 0 bridgehead atoms. The minimum Gasteiger partial charge on any atom is -1.00 e. The van der Waals surface area contributed by atoms with Crippen molar-refractivity contribution in [3.05, 3.63) is 0 Å². The molecule has 0 aliphatic carbocycles. The van der Waals surface area contributed by atoms with E-state index in [1.54, 1.807) is 0 Å². The van der Waals surface area contributed by atoms with Crippen molar-refractivity contribution in [2.24, 2.45) is 0 Å². The van der Waals surface area contributed by atoms with Crippen molar-refractivity contribution in [2.75, 3.05) is 39.9 Å². The summed E-state index contributed by atoms with van der Waals surface area (Å²) in [5.41, 5.74) is 0. The molecule has 7 heteroatoms. The molecule has 0 aliphatic heterocycles. The Bertz CT molecular complexity index is 737. The third-order valence-corrected chi connectivity index (χ3v) is 10.9. The van der Waals surface area contributed by atoms with E-state index in [1.165, 1.54) is 141 Å². The first-order chi connectivity index (χ1) is 24.9. The summed E-state index contributed by atoms with van der Waals surface area (Å²) in [7, 11) is 2.29. The van der Waals surface area contributed by atoms with E-state index in [-0.39, 0.29) is 48.6 Å². The van der Waals surface area contributed by atoms with Gasteiger partial charge in [-0.3, -0.25) is 9.59 Å². The number of esters is 2. The normalized spacial score (nSPS) is 12.5. The molecule has 0 aliphatic rings. The van der Waals surface area contributed by atoms with Crippen LogP contribution in [0.3, 0.4) is 0 Å². The maximum absolute atomic E-state index is 12.7. The zero-order chi connectivity index (χ0) is 37.5. The molecule has 1 N–H and O–H groups in total. The molecule has 0 aromatic rings. The molecule has 0 fully saturated rings. The van der Waals surface area contributed by atoms with E-state index in [0.717, 1.165) is 81.9 Å².